The van der Waals surface area contributed by atoms with E-state index in [-0.39, 0.29) is 38.9 Å². The van der Waals surface area contributed by atoms with Gasteiger partial charge in [0.25, 0.3) is 17.0 Å². The quantitative estimate of drug-likeness (QED) is 0.296. The van der Waals surface area contributed by atoms with Crippen molar-refractivity contribution < 1.29 is 29.3 Å². The molecule has 46 heavy (non-hydrogen) atoms. The number of allylic oxidation sites excluding steroid dienone is 1. The minimum absolute atomic E-state index is 0.00240. The van der Waals surface area contributed by atoms with E-state index < -0.39 is 35.5 Å². The van der Waals surface area contributed by atoms with E-state index in [2.05, 4.69) is 0 Å². The highest BCUT2D eigenvalue weighted by Gasteiger charge is 2.32. The van der Waals surface area contributed by atoms with Gasteiger partial charge in [-0.15, -0.1) is 22.7 Å². The second-order valence-electron chi connectivity index (χ2n) is 10.1. The molecule has 0 atom stereocenters. The van der Waals surface area contributed by atoms with Crippen molar-refractivity contribution in [2.45, 2.75) is 13.5 Å². The molecule has 0 bridgehead atoms. The number of aromatic carboxylic acids is 1. The number of carboxylic acids is 2. The van der Waals surface area contributed by atoms with E-state index in [0.29, 0.717) is 17.2 Å². The third kappa shape index (κ3) is 5.28. The van der Waals surface area contributed by atoms with Gasteiger partial charge < -0.3 is 19.8 Å². The molecule has 1 amide bonds. The van der Waals surface area contributed by atoms with Gasteiger partial charge in [-0.1, -0.05) is 36.1 Å². The molecule has 2 aliphatic rings. The fourth-order valence-corrected chi connectivity index (χ4v) is 8.63. The van der Waals surface area contributed by atoms with Crippen LogP contribution in [-0.4, -0.2) is 60.5 Å². The van der Waals surface area contributed by atoms with Crippen LogP contribution < -0.4 is 30.0 Å². The molecule has 6 rings (SSSR count). The summed E-state index contributed by atoms with van der Waals surface area (Å²) in [5, 5.41) is 19.0. The molecule has 16 heteroatoms. The number of thiocarbonyl (C=S) groups is 1. The summed E-state index contributed by atoms with van der Waals surface area (Å²) in [6, 6.07) is 13.0. The average molecular weight is 695 g/mol. The molecule has 0 unspecified atom stereocenters. The largest absolute Gasteiger partial charge is 0.480 e. The van der Waals surface area contributed by atoms with Crippen molar-refractivity contribution in [3.05, 3.63) is 105 Å². The summed E-state index contributed by atoms with van der Waals surface area (Å²) >= 11 is 8.09. The summed E-state index contributed by atoms with van der Waals surface area (Å²) in [5.41, 5.74) is 0.536. The molecule has 4 aromatic rings. The van der Waals surface area contributed by atoms with E-state index in [4.69, 9.17) is 17.0 Å². The lowest BCUT2D eigenvalue weighted by atomic mass is 10.2. The van der Waals surface area contributed by atoms with Gasteiger partial charge in [0.1, 0.15) is 29.6 Å². The first-order valence-corrected chi connectivity index (χ1v) is 16.2. The van der Waals surface area contributed by atoms with Crippen molar-refractivity contribution in [3.63, 3.8) is 0 Å². The van der Waals surface area contributed by atoms with Gasteiger partial charge in [-0.2, -0.15) is 0 Å². The van der Waals surface area contributed by atoms with Crippen molar-refractivity contribution in [3.8, 4) is 11.4 Å². The number of ether oxygens (including phenoxy) is 1. The SMILES string of the molecule is C/C(C=c1s/c(=c2/s/c(=C3/SC(=S)N(C)C3=O)n(CC(=O)O)c2=O)n(-c2ccc(C(=O)O)cc2)c1=O)=C1\Oc2ccccc2N1C. The first kappa shape index (κ1) is 31.2. The number of aliphatic carboxylic acids is 1. The number of carbonyl (C=O) groups is 3. The predicted octanol–water partition coefficient (Wildman–Crippen LogP) is 2.33. The van der Waals surface area contributed by atoms with Crippen molar-refractivity contribution in [2.24, 2.45) is 0 Å². The summed E-state index contributed by atoms with van der Waals surface area (Å²) in [4.78, 5) is 67.5. The van der Waals surface area contributed by atoms with Crippen LogP contribution in [0.15, 0.2) is 69.6 Å². The van der Waals surface area contributed by atoms with Crippen LogP contribution in [0.3, 0.4) is 0 Å². The number of thioether (sulfide) groups is 1. The Morgan fingerprint density at radius 1 is 0.935 bits per heavy atom. The van der Waals surface area contributed by atoms with Crippen LogP contribution in [0.25, 0.3) is 16.7 Å². The van der Waals surface area contributed by atoms with E-state index in [9.17, 15) is 34.2 Å². The van der Waals surface area contributed by atoms with Gasteiger partial charge in [0.15, 0.2) is 5.75 Å². The molecule has 4 heterocycles. The number of thiazole rings is 2. The molecule has 234 valence electrons. The number of amides is 1. The fraction of sp³-hybridized carbons (Fsp3) is 0.133. The summed E-state index contributed by atoms with van der Waals surface area (Å²) in [6.45, 7) is 1.06. The molecule has 2 N–H and O–H groups in total. The van der Waals surface area contributed by atoms with Crippen LogP contribution >= 0.6 is 46.7 Å². The minimum atomic E-state index is -1.30. The summed E-state index contributed by atoms with van der Waals surface area (Å²) < 4.78 is 9.09. The summed E-state index contributed by atoms with van der Waals surface area (Å²) in [7, 11) is 3.32. The van der Waals surface area contributed by atoms with E-state index in [0.717, 1.165) is 44.7 Å². The maximum absolute atomic E-state index is 14.1. The standard InChI is InChI=1S/C30H22N4O8S4/c1-14(26-31(2)17-6-4-5-7-18(17)42-26)12-19-23(37)34(16-10-8-15(9-11-16)29(40)41)28(44-19)22-25(39)33(13-20(35)36)27(45-22)21-24(38)32(3)30(43)46-21/h4-12H,13H2,1-3H3,(H,35,36)(H,40,41)/b19-12?,26-14+,27-21+,28-22+. The second kappa shape index (κ2) is 11.9. The molecule has 0 radical (unpaired) electrons. The number of hydrogen-bond acceptors (Lipinski definition) is 11. The molecule has 12 nitrogen and oxygen atoms in total. The zero-order valence-electron chi connectivity index (χ0n) is 24.2. The van der Waals surface area contributed by atoms with Crippen molar-refractivity contribution in [1.82, 2.24) is 14.0 Å². The van der Waals surface area contributed by atoms with E-state index in [1.54, 1.807) is 13.0 Å². The van der Waals surface area contributed by atoms with Gasteiger partial charge in [-0.05, 0) is 49.4 Å². The number of carboxylic acid groups (broad SMARTS) is 2. The van der Waals surface area contributed by atoms with Crippen molar-refractivity contribution in [1.29, 1.82) is 0 Å². The Kier molecular flexibility index (Phi) is 8.05. The molecule has 1 saturated heterocycles. The molecule has 2 aromatic heterocycles. The van der Waals surface area contributed by atoms with E-state index >= 15 is 0 Å². The molecule has 0 saturated carbocycles. The third-order valence-electron chi connectivity index (χ3n) is 7.15. The Balaban J connectivity index is 1.70. The maximum Gasteiger partial charge on any atom is 0.335 e. The molecule has 2 aromatic carbocycles. The van der Waals surface area contributed by atoms with Gasteiger partial charge in [0, 0.05) is 19.7 Å². The number of benzene rings is 2. The monoisotopic (exact) mass is 694 g/mol. The van der Waals surface area contributed by atoms with Crippen molar-refractivity contribution in [2.75, 3.05) is 19.0 Å². The van der Waals surface area contributed by atoms with Crippen LogP contribution in [0.5, 0.6) is 5.75 Å². The lowest BCUT2D eigenvalue weighted by Crippen LogP contribution is -2.32. The first-order valence-electron chi connectivity index (χ1n) is 13.4. The number of hydrogen-bond donors (Lipinski definition) is 2. The average Bonchev–Trinajstić information content (AvgIpc) is 3.71. The molecule has 0 aliphatic carbocycles. The Morgan fingerprint density at radius 2 is 1.63 bits per heavy atom. The Labute approximate surface area is 276 Å². The Morgan fingerprint density at radius 3 is 2.24 bits per heavy atom. The van der Waals surface area contributed by atoms with E-state index in [1.165, 1.54) is 40.8 Å². The zero-order valence-corrected chi connectivity index (χ0v) is 27.4. The van der Waals surface area contributed by atoms with Gasteiger partial charge in [-0.3, -0.25) is 33.2 Å². The molecular formula is C30H22N4O8S4. The Hall–Kier alpha value is -4.77. The number of fused-ring (bicyclic) bond motifs is 1. The number of aromatic nitrogens is 2. The highest BCUT2D eigenvalue weighted by molar-refractivity contribution is 8.30. The normalized spacial score (nSPS) is 17.8. The van der Waals surface area contributed by atoms with Gasteiger partial charge in [0.2, 0.25) is 5.88 Å². The Bertz CT molecular complexity index is 2390. The molecule has 2 aliphatic heterocycles. The van der Waals surface area contributed by atoms with Gasteiger partial charge in [-0.25, -0.2) is 4.79 Å². The highest BCUT2D eigenvalue weighted by atomic mass is 32.2. The van der Waals surface area contributed by atoms with Gasteiger partial charge >= 0.3 is 11.9 Å². The van der Waals surface area contributed by atoms with Crippen LogP contribution in [0, 0.1) is 9.20 Å². The van der Waals surface area contributed by atoms with Gasteiger partial charge in [0.05, 0.1) is 21.5 Å². The number of rotatable bonds is 5. The van der Waals surface area contributed by atoms with Crippen molar-refractivity contribution >= 4 is 85.5 Å². The topological polar surface area (TPSA) is 151 Å². The number of carbonyl (C=O) groups excluding carboxylic acids is 1. The lowest BCUT2D eigenvalue weighted by Gasteiger charge is -2.12. The number of para-hydroxylation sites is 2. The second-order valence-corrected chi connectivity index (χ2v) is 13.8. The highest BCUT2D eigenvalue weighted by Crippen LogP contribution is 2.38. The zero-order chi connectivity index (χ0) is 33.0. The van der Waals surface area contributed by atoms with E-state index in [1.807, 2.05) is 36.2 Å². The molecular weight excluding hydrogens is 673 g/mol. The smallest absolute Gasteiger partial charge is 0.335 e. The van der Waals surface area contributed by atoms with Crippen LogP contribution in [-0.2, 0) is 16.1 Å². The molecule has 1 fully saturated rings. The minimum Gasteiger partial charge on any atom is -0.480 e. The third-order valence-corrected chi connectivity index (χ3v) is 11.2. The number of anilines is 1. The summed E-state index contributed by atoms with van der Waals surface area (Å²) in [5.74, 6) is -1.77. The number of nitrogens with zero attached hydrogens (tertiary/aromatic N) is 4. The van der Waals surface area contributed by atoms with Crippen LogP contribution in [0.2, 0.25) is 0 Å². The molecule has 0 spiro atoms. The fourth-order valence-electron chi connectivity index (χ4n) is 4.89. The predicted molar refractivity (Wildman–Crippen MR) is 179 cm³/mol. The maximum atomic E-state index is 14.1. The summed E-state index contributed by atoms with van der Waals surface area (Å²) in [6.07, 6.45) is 1.64. The first-order chi connectivity index (χ1) is 21.9. The lowest BCUT2D eigenvalue weighted by molar-refractivity contribution is -0.137. The van der Waals surface area contributed by atoms with Crippen LogP contribution in [0.1, 0.15) is 17.3 Å². The van der Waals surface area contributed by atoms with Crippen LogP contribution in [0.4, 0.5) is 5.69 Å².